The van der Waals surface area contributed by atoms with Gasteiger partial charge in [0.25, 0.3) is 0 Å². The third-order valence-electron chi connectivity index (χ3n) is 3.98. The third-order valence-corrected chi connectivity index (χ3v) is 5.87. The maximum Gasteiger partial charge on any atom is 0.123 e. The predicted molar refractivity (Wildman–Crippen MR) is 75.1 cm³/mol. The van der Waals surface area contributed by atoms with E-state index in [-0.39, 0.29) is 0 Å². The molecule has 96 valence electrons. The molecule has 1 aromatic heterocycles. The quantitative estimate of drug-likeness (QED) is 0.836. The van der Waals surface area contributed by atoms with Crippen molar-refractivity contribution < 1.29 is 5.11 Å². The lowest BCUT2D eigenvalue weighted by Gasteiger charge is -2.40. The molecular weight excluding hydrogens is 298 g/mol. The van der Waals surface area contributed by atoms with Crippen LogP contribution in [0.2, 0.25) is 0 Å². The summed E-state index contributed by atoms with van der Waals surface area (Å²) in [6, 6.07) is 0. The Morgan fingerprint density at radius 1 is 1.41 bits per heavy atom. The van der Waals surface area contributed by atoms with Gasteiger partial charge >= 0.3 is 0 Å². The summed E-state index contributed by atoms with van der Waals surface area (Å²) in [7, 11) is 0. The van der Waals surface area contributed by atoms with Gasteiger partial charge in [0, 0.05) is 0 Å². The lowest BCUT2D eigenvalue weighted by Crippen LogP contribution is -2.35. The van der Waals surface area contributed by atoms with Gasteiger partial charge in [0.15, 0.2) is 0 Å². The summed E-state index contributed by atoms with van der Waals surface area (Å²) in [6.45, 7) is 6.89. The number of rotatable bonds is 1. The minimum absolute atomic E-state index is 0.353. The van der Waals surface area contributed by atoms with Gasteiger partial charge in [-0.25, -0.2) is 4.98 Å². The second-order valence-electron chi connectivity index (χ2n) is 6.14. The molecule has 0 bridgehead atoms. The van der Waals surface area contributed by atoms with E-state index < -0.39 is 5.60 Å². The molecule has 0 aromatic carbocycles. The highest BCUT2D eigenvalue weighted by molar-refractivity contribution is 9.10. The Kier molecular flexibility index (Phi) is 3.68. The minimum Gasteiger partial charge on any atom is -0.384 e. The van der Waals surface area contributed by atoms with Gasteiger partial charge in [-0.05, 0) is 52.9 Å². The molecular formula is C13H20BrNOS. The number of hydrogen-bond acceptors (Lipinski definition) is 3. The molecule has 1 fully saturated rings. The Hall–Kier alpha value is 0.0700. The topological polar surface area (TPSA) is 33.1 Å². The molecule has 1 N–H and O–H groups in total. The van der Waals surface area contributed by atoms with Gasteiger partial charge in [-0.3, -0.25) is 0 Å². The summed E-state index contributed by atoms with van der Waals surface area (Å²) in [5, 5.41) is 10.7. The number of aliphatic hydroxyl groups is 1. The van der Waals surface area contributed by atoms with Crippen LogP contribution in [0.3, 0.4) is 0 Å². The molecule has 0 atom stereocenters. The van der Waals surface area contributed by atoms with E-state index in [4.69, 9.17) is 0 Å². The van der Waals surface area contributed by atoms with Crippen molar-refractivity contribution in [1.29, 1.82) is 0 Å². The molecule has 0 unspecified atom stereocenters. The lowest BCUT2D eigenvalue weighted by molar-refractivity contribution is -0.0276. The van der Waals surface area contributed by atoms with Crippen LogP contribution < -0.4 is 0 Å². The van der Waals surface area contributed by atoms with Crippen LogP contribution in [0.4, 0.5) is 0 Å². The van der Waals surface area contributed by atoms with Gasteiger partial charge in [-0.15, -0.1) is 11.3 Å². The van der Waals surface area contributed by atoms with Crippen LogP contribution in [0.1, 0.15) is 51.3 Å². The van der Waals surface area contributed by atoms with Gasteiger partial charge in [0.05, 0.1) is 10.4 Å². The van der Waals surface area contributed by atoms with Crippen LogP contribution in [-0.2, 0) is 5.60 Å². The van der Waals surface area contributed by atoms with Gasteiger partial charge in [-0.2, -0.15) is 0 Å². The molecule has 1 saturated carbocycles. The Labute approximate surface area is 116 Å². The Bertz CT molecular complexity index is 388. The van der Waals surface area contributed by atoms with Crippen molar-refractivity contribution in [2.24, 2.45) is 11.3 Å². The van der Waals surface area contributed by atoms with Crippen LogP contribution in [0.15, 0.2) is 10.1 Å². The first-order valence-electron chi connectivity index (χ1n) is 6.15. The van der Waals surface area contributed by atoms with Crippen molar-refractivity contribution in [2.75, 3.05) is 0 Å². The van der Waals surface area contributed by atoms with Crippen LogP contribution in [-0.4, -0.2) is 10.1 Å². The van der Waals surface area contributed by atoms with E-state index in [1.54, 1.807) is 16.8 Å². The predicted octanol–water partition coefficient (Wildman–Crippen LogP) is 4.33. The summed E-state index contributed by atoms with van der Waals surface area (Å²) >= 11 is 4.99. The van der Waals surface area contributed by atoms with E-state index in [9.17, 15) is 5.11 Å². The van der Waals surface area contributed by atoms with Gasteiger partial charge in [0.1, 0.15) is 10.2 Å². The third kappa shape index (κ3) is 2.74. The first-order valence-corrected chi connectivity index (χ1v) is 7.82. The highest BCUT2D eigenvalue weighted by Gasteiger charge is 2.40. The summed E-state index contributed by atoms with van der Waals surface area (Å²) in [4.78, 5) is 5.18. The number of nitrogens with zero attached hydrogens (tertiary/aromatic N) is 1. The fraction of sp³-hybridized carbons (Fsp3) is 0.769. The summed E-state index contributed by atoms with van der Waals surface area (Å²) in [5.74, 6) is 0.717. The number of thiazole rings is 1. The van der Waals surface area contributed by atoms with E-state index in [0.717, 1.165) is 41.1 Å². The lowest BCUT2D eigenvalue weighted by atomic mass is 9.68. The molecule has 4 heteroatoms. The molecule has 2 nitrogen and oxygen atoms in total. The Morgan fingerprint density at radius 3 is 2.41 bits per heavy atom. The molecule has 0 radical (unpaired) electrons. The van der Waals surface area contributed by atoms with Crippen LogP contribution in [0.5, 0.6) is 0 Å². The number of aromatic nitrogens is 1. The normalized spacial score (nSPS) is 30.5. The van der Waals surface area contributed by atoms with E-state index in [2.05, 4.69) is 41.7 Å². The summed E-state index contributed by atoms with van der Waals surface area (Å²) in [6.07, 6.45) is 3.92. The van der Waals surface area contributed by atoms with Crippen molar-refractivity contribution in [3.63, 3.8) is 0 Å². The first-order chi connectivity index (χ1) is 7.83. The minimum atomic E-state index is -0.651. The van der Waals surface area contributed by atoms with E-state index in [1.807, 2.05) is 0 Å². The maximum absolute atomic E-state index is 10.7. The number of halogens is 1. The van der Waals surface area contributed by atoms with Crippen LogP contribution in [0.25, 0.3) is 0 Å². The van der Waals surface area contributed by atoms with Crippen molar-refractivity contribution in [2.45, 2.75) is 52.1 Å². The van der Waals surface area contributed by atoms with Gasteiger partial charge < -0.3 is 5.11 Å². The van der Waals surface area contributed by atoms with E-state index >= 15 is 0 Å². The van der Waals surface area contributed by atoms with Crippen molar-refractivity contribution in [3.05, 3.63) is 15.0 Å². The zero-order chi connectivity index (χ0) is 12.7. The van der Waals surface area contributed by atoms with E-state index in [0.29, 0.717) is 5.41 Å². The summed E-state index contributed by atoms with van der Waals surface area (Å²) in [5.41, 5.74) is 1.50. The number of hydrogen-bond donors (Lipinski definition) is 1. The SMILES string of the molecule is CC(C)(C)C1CCC(O)(c2scnc2Br)CC1. The smallest absolute Gasteiger partial charge is 0.123 e. The van der Waals surface area contributed by atoms with Crippen molar-refractivity contribution in [3.8, 4) is 0 Å². The average Bonchev–Trinajstić information content (AvgIpc) is 2.64. The van der Waals surface area contributed by atoms with Gasteiger partial charge in [-0.1, -0.05) is 20.8 Å². The van der Waals surface area contributed by atoms with Crippen LogP contribution >= 0.6 is 27.3 Å². The zero-order valence-electron chi connectivity index (χ0n) is 10.7. The molecule has 0 saturated heterocycles. The molecule has 17 heavy (non-hydrogen) atoms. The van der Waals surface area contributed by atoms with Gasteiger partial charge in [0.2, 0.25) is 0 Å². The monoisotopic (exact) mass is 317 g/mol. The second-order valence-corrected chi connectivity index (χ2v) is 7.75. The Balaban J connectivity index is 2.11. The average molecular weight is 318 g/mol. The highest BCUT2D eigenvalue weighted by Crippen LogP contribution is 2.47. The Morgan fingerprint density at radius 2 is 2.00 bits per heavy atom. The molecule has 1 heterocycles. The van der Waals surface area contributed by atoms with Crippen LogP contribution in [0, 0.1) is 11.3 Å². The zero-order valence-corrected chi connectivity index (χ0v) is 13.1. The fourth-order valence-electron chi connectivity index (χ4n) is 2.72. The highest BCUT2D eigenvalue weighted by atomic mass is 79.9. The van der Waals surface area contributed by atoms with E-state index in [1.165, 1.54) is 0 Å². The molecule has 1 aliphatic carbocycles. The first kappa shape index (κ1) is 13.5. The summed E-state index contributed by atoms with van der Waals surface area (Å²) < 4.78 is 0.819. The molecule has 0 spiro atoms. The fourth-order valence-corrected chi connectivity index (χ4v) is 4.45. The maximum atomic E-state index is 10.7. The molecule has 0 aliphatic heterocycles. The molecule has 2 rings (SSSR count). The molecule has 0 amide bonds. The molecule has 1 aliphatic rings. The second kappa shape index (κ2) is 4.63. The standard InChI is InChI=1S/C13H20BrNOS/c1-12(2,3)9-4-6-13(16,7-5-9)10-11(14)15-8-17-10/h8-9,16H,4-7H2,1-3H3. The van der Waals surface area contributed by atoms with Crippen molar-refractivity contribution >= 4 is 27.3 Å². The van der Waals surface area contributed by atoms with Crippen molar-refractivity contribution in [1.82, 2.24) is 4.98 Å². The largest absolute Gasteiger partial charge is 0.384 e. The molecule has 1 aromatic rings.